The number of aromatic hydroxyl groups is 2. The van der Waals surface area contributed by atoms with Crippen LogP contribution in [-0.2, 0) is 58.6 Å². The average Bonchev–Trinajstić information content (AvgIpc) is 3.37. The Morgan fingerprint density at radius 2 is 1.23 bits per heavy atom. The number of ether oxygens (including phenoxy) is 11. The van der Waals surface area contributed by atoms with Crippen molar-refractivity contribution in [3.63, 3.8) is 0 Å². The van der Waals surface area contributed by atoms with Gasteiger partial charge in [0.25, 0.3) is 0 Å². The molecule has 5 heterocycles. The number of carbonyl (C=O) groups is 2. The van der Waals surface area contributed by atoms with Gasteiger partial charge in [0, 0.05) is 63.8 Å². The van der Waals surface area contributed by atoms with E-state index in [9.17, 15) is 50.8 Å². The summed E-state index contributed by atoms with van der Waals surface area (Å²) < 4.78 is 67.2. The lowest BCUT2D eigenvalue weighted by Gasteiger charge is -2.46. The van der Waals surface area contributed by atoms with Crippen molar-refractivity contribution in [1.82, 2.24) is 10.2 Å². The second-order valence-electron chi connectivity index (χ2n) is 22.2. The fourth-order valence-electron chi connectivity index (χ4n) is 11.4. The van der Waals surface area contributed by atoms with Gasteiger partial charge in [-0.1, -0.05) is 0 Å². The quantitative estimate of drug-likeness (QED) is 0.107. The number of rotatable bonds is 16. The average molecular weight is 1100 g/mol. The van der Waals surface area contributed by atoms with E-state index in [-0.39, 0.29) is 72.7 Å². The first-order chi connectivity index (χ1) is 36.3. The minimum Gasteiger partial charge on any atom is -0.507 e. The van der Waals surface area contributed by atoms with Crippen molar-refractivity contribution in [2.45, 2.75) is 222 Å². The topological polar surface area (TPSA) is 333 Å². The smallest absolute Gasteiger partial charge is 0.249 e. The number of phenols is 2. The predicted molar refractivity (Wildman–Crippen MR) is 267 cm³/mol. The number of ketones is 1. The molecule has 77 heavy (non-hydrogen) atoms. The highest BCUT2D eigenvalue weighted by molar-refractivity contribution is 6.11. The molecule has 1 amide bonds. The SMILES string of the molecule is CO[C@H](C(=O)NCCN(C)C)[C@@H]1Cc2cc3cc(O[C@H]4C[C@@H](O[C@H]5C[C@@H](O)[C@H](O)[C@@H](C)O5)[C@H](O)[C@@H](C)O4)c(C)c(O)c3c(O)c2C(=O)[C@H]1O[C@H]1C[C@@H](O[C@H]2C[C@@H](O[C@H]3C[C@](C)(O)[C@H](O)[C@@H](C)O3)[C@@H](O)[C@@H](C)O2)[C@H](O)[C@@H](C)O1. The Hall–Kier alpha value is -3.48. The van der Waals surface area contributed by atoms with Crippen LogP contribution in [0.3, 0.4) is 0 Å². The van der Waals surface area contributed by atoms with Crippen LogP contribution in [-0.4, -0.2) is 232 Å². The van der Waals surface area contributed by atoms with Gasteiger partial charge in [-0.25, -0.2) is 0 Å². The maximum absolute atomic E-state index is 15.1. The third-order valence-electron chi connectivity index (χ3n) is 16.0. The molecule has 0 bridgehead atoms. The van der Waals surface area contributed by atoms with E-state index >= 15 is 4.79 Å². The summed E-state index contributed by atoms with van der Waals surface area (Å²) in [5, 5.41) is 102. The van der Waals surface area contributed by atoms with Gasteiger partial charge in [-0.05, 0) is 92.1 Å². The Balaban J connectivity index is 1.04. The van der Waals surface area contributed by atoms with Crippen LogP contribution in [0, 0.1) is 12.8 Å². The van der Waals surface area contributed by atoms with Crippen molar-refractivity contribution in [2.24, 2.45) is 5.92 Å². The number of aliphatic hydroxyl groups is 7. The third kappa shape index (κ3) is 12.9. The number of aliphatic hydroxyl groups excluding tert-OH is 6. The lowest BCUT2D eigenvalue weighted by atomic mass is 9.76. The molecule has 0 radical (unpaired) electrons. The zero-order valence-corrected chi connectivity index (χ0v) is 45.3. The fourth-order valence-corrected chi connectivity index (χ4v) is 11.4. The van der Waals surface area contributed by atoms with E-state index in [4.69, 9.17) is 52.1 Å². The molecule has 5 saturated heterocycles. The zero-order valence-electron chi connectivity index (χ0n) is 45.3. The van der Waals surface area contributed by atoms with Crippen LogP contribution in [0.5, 0.6) is 17.2 Å². The number of hydrogen-bond acceptors (Lipinski definition) is 23. The monoisotopic (exact) mass is 1100 g/mol. The third-order valence-corrected chi connectivity index (χ3v) is 16.0. The van der Waals surface area contributed by atoms with E-state index in [1.54, 1.807) is 53.7 Å². The lowest BCUT2D eigenvalue weighted by molar-refractivity contribution is -0.334. The largest absolute Gasteiger partial charge is 0.507 e. The standard InChI is InChI=1S/C53H80N2O22/c1-21-31(73-36-17-32(44(59)23(3)69-36)74-35-16-30(56)43(58)22(2)68-35)15-28-13-27-14-29(50(67-10)52(65)54-11-12-55(8)9)49(48(63)41(27)47(62)40(28)42(21)57)77-38-19-33(45(60)25(5)71-38)75-37-18-34(46(61)24(4)70-37)76-39-20-53(7,66)51(64)26(6)72-39/h13,15,22-26,29-30,32-39,43-46,49-51,56-62,64,66H,11-12,14,16-20H2,1-10H3,(H,54,65)/t22-,23-,24-,25-,26-,29-,30-,32-,33-,34-,35+,36+,37+,38+,39+,43-,44-,45-,46+,49+,50+,51-,53+/m1/s1. The summed E-state index contributed by atoms with van der Waals surface area (Å²) in [4.78, 5) is 31.0. The molecule has 2 aromatic carbocycles. The molecular formula is C53H80N2O22. The maximum atomic E-state index is 15.1. The Morgan fingerprint density at radius 1 is 0.727 bits per heavy atom. The molecule has 24 nitrogen and oxygen atoms in total. The summed E-state index contributed by atoms with van der Waals surface area (Å²) in [5.74, 6) is -3.12. The van der Waals surface area contributed by atoms with E-state index in [2.05, 4.69) is 5.32 Å². The van der Waals surface area contributed by atoms with Crippen molar-refractivity contribution in [3.05, 3.63) is 28.8 Å². The first kappa shape index (κ1) is 59.6. The first-order valence-corrected chi connectivity index (χ1v) is 26.6. The second kappa shape index (κ2) is 24.3. The Morgan fingerprint density at radius 3 is 1.78 bits per heavy atom. The van der Waals surface area contributed by atoms with Gasteiger partial charge in [-0.15, -0.1) is 0 Å². The molecule has 24 heteroatoms. The molecular weight excluding hydrogens is 1020 g/mol. The van der Waals surface area contributed by atoms with Gasteiger partial charge in [0.1, 0.15) is 60.0 Å². The molecule has 2 aromatic rings. The van der Waals surface area contributed by atoms with Crippen molar-refractivity contribution in [3.8, 4) is 17.2 Å². The van der Waals surface area contributed by atoms with Gasteiger partial charge < -0.3 is 108 Å². The first-order valence-electron chi connectivity index (χ1n) is 26.6. The molecule has 8 rings (SSSR count). The van der Waals surface area contributed by atoms with E-state index in [0.717, 1.165) is 0 Å². The number of benzene rings is 2. The Kier molecular flexibility index (Phi) is 18.8. The van der Waals surface area contributed by atoms with Gasteiger partial charge in [0.2, 0.25) is 12.2 Å². The van der Waals surface area contributed by atoms with Crippen LogP contribution in [0.2, 0.25) is 0 Å². The predicted octanol–water partition coefficient (Wildman–Crippen LogP) is 0.118. The van der Waals surface area contributed by atoms with Crippen LogP contribution in [0.15, 0.2) is 12.1 Å². The number of nitrogens with zero attached hydrogens (tertiary/aromatic N) is 1. The van der Waals surface area contributed by atoms with Gasteiger partial charge in [0.05, 0.1) is 71.5 Å². The summed E-state index contributed by atoms with van der Waals surface area (Å²) in [6.45, 7) is 11.8. The summed E-state index contributed by atoms with van der Waals surface area (Å²) in [5.41, 5.74) is -1.20. The van der Waals surface area contributed by atoms with Gasteiger partial charge in [0.15, 0.2) is 30.9 Å². The molecule has 434 valence electrons. The Labute approximate surface area is 447 Å². The second-order valence-corrected chi connectivity index (χ2v) is 22.2. The number of amides is 1. The number of carbonyl (C=O) groups excluding carboxylic acids is 2. The number of phenolic OH excluding ortho intramolecular Hbond substituents is 2. The Bertz CT molecular complexity index is 2370. The van der Waals surface area contributed by atoms with Crippen molar-refractivity contribution < 1.29 is 108 Å². The van der Waals surface area contributed by atoms with Crippen LogP contribution in [0.4, 0.5) is 0 Å². The van der Waals surface area contributed by atoms with E-state index in [1.165, 1.54) is 14.0 Å². The molecule has 5 fully saturated rings. The van der Waals surface area contributed by atoms with Gasteiger partial charge in [-0.3, -0.25) is 9.59 Å². The molecule has 10 N–H and O–H groups in total. The number of likely N-dealkylation sites (N-methyl/N-ethyl adjacent to an activating group) is 1. The minimum atomic E-state index is -1.52. The number of Topliss-reactive ketones (excluding diaryl/α,β-unsaturated/α-hetero) is 1. The van der Waals surface area contributed by atoms with Crippen molar-refractivity contribution >= 4 is 22.5 Å². The molecule has 1 aliphatic carbocycles. The summed E-state index contributed by atoms with van der Waals surface area (Å²) in [6.07, 6.45) is -22.1. The molecule has 6 aliphatic rings. The minimum absolute atomic E-state index is 0.00445. The lowest BCUT2D eigenvalue weighted by Crippen LogP contribution is -2.58. The molecule has 5 aliphatic heterocycles. The van der Waals surface area contributed by atoms with E-state index < -0.39 is 164 Å². The summed E-state index contributed by atoms with van der Waals surface area (Å²) in [6, 6.07) is 3.18. The summed E-state index contributed by atoms with van der Waals surface area (Å²) >= 11 is 0. The van der Waals surface area contributed by atoms with Crippen LogP contribution < -0.4 is 10.1 Å². The zero-order chi connectivity index (χ0) is 56.1. The van der Waals surface area contributed by atoms with E-state index in [1.807, 2.05) is 19.0 Å². The maximum Gasteiger partial charge on any atom is 0.249 e. The number of methoxy groups -OCH3 is 1. The number of nitrogens with one attached hydrogen (secondary N) is 1. The highest BCUT2D eigenvalue weighted by Crippen LogP contribution is 2.47. The summed E-state index contributed by atoms with van der Waals surface area (Å²) in [7, 11) is 5.03. The molecule has 23 atom stereocenters. The van der Waals surface area contributed by atoms with Crippen molar-refractivity contribution in [1.29, 1.82) is 0 Å². The molecule has 0 unspecified atom stereocenters. The highest BCUT2D eigenvalue weighted by Gasteiger charge is 2.51. The number of fused-ring (bicyclic) bond motifs is 2. The molecule has 0 spiro atoms. The van der Waals surface area contributed by atoms with Gasteiger partial charge in [-0.2, -0.15) is 0 Å². The van der Waals surface area contributed by atoms with Crippen LogP contribution in [0.1, 0.15) is 95.1 Å². The fraction of sp³-hybridized carbons (Fsp3) is 0.774. The van der Waals surface area contributed by atoms with Gasteiger partial charge >= 0.3 is 0 Å². The number of hydrogen-bond donors (Lipinski definition) is 10. The highest BCUT2D eigenvalue weighted by atomic mass is 16.7. The van der Waals surface area contributed by atoms with Crippen molar-refractivity contribution in [2.75, 3.05) is 34.3 Å². The van der Waals surface area contributed by atoms with E-state index in [0.29, 0.717) is 12.1 Å². The van der Waals surface area contributed by atoms with Crippen LogP contribution >= 0.6 is 0 Å². The molecule has 0 aromatic heterocycles. The normalized spacial score (nSPS) is 41.3. The molecule has 0 saturated carbocycles. The van der Waals surface area contributed by atoms with Crippen LogP contribution in [0.25, 0.3) is 10.8 Å².